The number of aromatic nitrogens is 3. The maximum Gasteiger partial charge on any atom is 0.407 e. The summed E-state index contributed by atoms with van der Waals surface area (Å²) in [6.45, 7) is 3.33. The molecule has 1 atom stereocenters. The molecule has 0 aliphatic carbocycles. The normalized spacial score (nSPS) is 17.4. The van der Waals surface area contributed by atoms with E-state index >= 15 is 0 Å². The van der Waals surface area contributed by atoms with Gasteiger partial charge in [-0.2, -0.15) is 0 Å². The summed E-state index contributed by atoms with van der Waals surface area (Å²) in [5.74, 6) is 1.43. The van der Waals surface area contributed by atoms with E-state index in [1.807, 2.05) is 35.8 Å². The number of carbonyl (C=O) groups is 1. The molecular weight excluding hydrogens is 324 g/mol. The summed E-state index contributed by atoms with van der Waals surface area (Å²) >= 11 is 7.57. The zero-order valence-electron chi connectivity index (χ0n) is 12.0. The van der Waals surface area contributed by atoms with Gasteiger partial charge in [0.2, 0.25) is 0 Å². The summed E-state index contributed by atoms with van der Waals surface area (Å²) in [6, 6.07) is 7.55. The van der Waals surface area contributed by atoms with Crippen LogP contribution in [0.3, 0.4) is 0 Å². The Balaban J connectivity index is 1.77. The van der Waals surface area contributed by atoms with Gasteiger partial charge in [0.05, 0.1) is 6.54 Å². The third-order valence-electron chi connectivity index (χ3n) is 3.26. The quantitative estimate of drug-likeness (QED) is 0.849. The molecule has 1 aromatic carbocycles. The molecule has 8 heteroatoms. The Bertz CT molecular complexity index is 691. The highest BCUT2D eigenvalue weighted by atomic mass is 35.5. The molecule has 1 amide bonds. The molecule has 2 heterocycles. The van der Waals surface area contributed by atoms with Crippen LogP contribution in [0.5, 0.6) is 0 Å². The first-order chi connectivity index (χ1) is 10.7. The number of nitrogens with zero attached hydrogens (tertiary/aromatic N) is 3. The number of rotatable bonds is 5. The van der Waals surface area contributed by atoms with Crippen LogP contribution in [0.2, 0.25) is 5.02 Å². The highest BCUT2D eigenvalue weighted by molar-refractivity contribution is 7.99. The Kier molecular flexibility index (Phi) is 4.54. The van der Waals surface area contributed by atoms with Crippen molar-refractivity contribution in [2.45, 2.75) is 24.7 Å². The summed E-state index contributed by atoms with van der Waals surface area (Å²) in [7, 11) is 0. The zero-order chi connectivity index (χ0) is 15.5. The van der Waals surface area contributed by atoms with Gasteiger partial charge in [-0.05, 0) is 19.1 Å². The van der Waals surface area contributed by atoms with Crippen molar-refractivity contribution in [3.8, 4) is 11.4 Å². The Morgan fingerprint density at radius 3 is 3.05 bits per heavy atom. The Labute approximate surface area is 137 Å². The standard InChI is InChI=1S/C14H15ClN4O2S/c1-2-19-12(9-4-3-5-10(15)6-9)17-18-13(19)22-8-11-7-16-14(20)21-11/h3-6,11H,2,7-8H2,1H3,(H,16,20)/t11-/m1/s1. The number of hydrogen-bond acceptors (Lipinski definition) is 5. The highest BCUT2D eigenvalue weighted by Gasteiger charge is 2.23. The fraction of sp³-hybridized carbons (Fsp3) is 0.357. The Morgan fingerprint density at radius 2 is 2.36 bits per heavy atom. The number of ether oxygens (including phenoxy) is 1. The summed E-state index contributed by atoms with van der Waals surface area (Å²) in [5, 5.41) is 12.6. The fourth-order valence-electron chi connectivity index (χ4n) is 2.21. The van der Waals surface area contributed by atoms with Crippen molar-refractivity contribution in [1.82, 2.24) is 20.1 Å². The van der Waals surface area contributed by atoms with Gasteiger partial charge in [0, 0.05) is 22.9 Å². The molecule has 6 nitrogen and oxygen atoms in total. The van der Waals surface area contributed by atoms with E-state index in [2.05, 4.69) is 15.5 Å². The molecule has 116 valence electrons. The Hall–Kier alpha value is -1.73. The minimum Gasteiger partial charge on any atom is -0.443 e. The van der Waals surface area contributed by atoms with Crippen LogP contribution in [0.15, 0.2) is 29.4 Å². The van der Waals surface area contributed by atoms with Crippen LogP contribution in [-0.2, 0) is 11.3 Å². The predicted octanol–water partition coefficient (Wildman–Crippen LogP) is 2.82. The lowest BCUT2D eigenvalue weighted by Crippen LogP contribution is -2.17. The minimum absolute atomic E-state index is 0.130. The second kappa shape index (κ2) is 6.58. The van der Waals surface area contributed by atoms with Gasteiger partial charge in [-0.1, -0.05) is 35.5 Å². The van der Waals surface area contributed by atoms with Crippen molar-refractivity contribution in [1.29, 1.82) is 0 Å². The van der Waals surface area contributed by atoms with Crippen LogP contribution in [0.1, 0.15) is 6.92 Å². The van der Waals surface area contributed by atoms with Crippen LogP contribution in [-0.4, -0.2) is 39.3 Å². The average Bonchev–Trinajstić information content (AvgIpc) is 3.10. The van der Waals surface area contributed by atoms with Gasteiger partial charge in [-0.3, -0.25) is 0 Å². The lowest BCUT2D eigenvalue weighted by Gasteiger charge is -2.09. The van der Waals surface area contributed by atoms with E-state index in [-0.39, 0.29) is 12.2 Å². The van der Waals surface area contributed by atoms with Crippen molar-refractivity contribution in [3.63, 3.8) is 0 Å². The average molecular weight is 339 g/mol. The number of benzene rings is 1. The second-order valence-corrected chi connectivity index (χ2v) is 6.20. The van der Waals surface area contributed by atoms with Crippen molar-refractivity contribution in [2.24, 2.45) is 0 Å². The van der Waals surface area contributed by atoms with Gasteiger partial charge in [0.15, 0.2) is 11.0 Å². The van der Waals surface area contributed by atoms with E-state index in [9.17, 15) is 4.79 Å². The van der Waals surface area contributed by atoms with Crippen molar-refractivity contribution >= 4 is 29.5 Å². The van der Waals surface area contributed by atoms with Gasteiger partial charge < -0.3 is 14.6 Å². The third kappa shape index (κ3) is 3.20. The van der Waals surface area contributed by atoms with E-state index in [0.717, 1.165) is 23.1 Å². The molecule has 1 aromatic heterocycles. The van der Waals surface area contributed by atoms with Crippen molar-refractivity contribution < 1.29 is 9.53 Å². The molecule has 1 N–H and O–H groups in total. The van der Waals surface area contributed by atoms with Gasteiger partial charge in [-0.25, -0.2) is 4.79 Å². The highest BCUT2D eigenvalue weighted by Crippen LogP contribution is 2.26. The molecule has 0 saturated carbocycles. The fourth-order valence-corrected chi connectivity index (χ4v) is 3.40. The molecule has 22 heavy (non-hydrogen) atoms. The maximum atomic E-state index is 11.0. The second-order valence-electron chi connectivity index (χ2n) is 4.78. The van der Waals surface area contributed by atoms with Crippen LogP contribution < -0.4 is 5.32 Å². The molecule has 1 aliphatic rings. The molecule has 3 rings (SSSR count). The Morgan fingerprint density at radius 1 is 1.50 bits per heavy atom. The first kappa shape index (κ1) is 15.2. The van der Waals surface area contributed by atoms with Crippen LogP contribution in [0.25, 0.3) is 11.4 Å². The molecule has 1 aliphatic heterocycles. The molecule has 2 aromatic rings. The van der Waals surface area contributed by atoms with Gasteiger partial charge in [0.1, 0.15) is 6.10 Å². The number of cyclic esters (lactones) is 1. The van der Waals surface area contributed by atoms with Crippen molar-refractivity contribution in [2.75, 3.05) is 12.3 Å². The molecule has 0 bridgehead atoms. The van der Waals surface area contributed by atoms with Gasteiger partial charge in [0.25, 0.3) is 0 Å². The van der Waals surface area contributed by atoms with E-state index in [1.165, 1.54) is 11.8 Å². The number of amides is 1. The number of hydrogen-bond donors (Lipinski definition) is 1. The molecule has 0 unspecified atom stereocenters. The number of nitrogens with one attached hydrogen (secondary N) is 1. The first-order valence-corrected chi connectivity index (χ1v) is 8.30. The van der Waals surface area contributed by atoms with Crippen molar-refractivity contribution in [3.05, 3.63) is 29.3 Å². The van der Waals surface area contributed by atoms with E-state index in [0.29, 0.717) is 17.3 Å². The minimum atomic E-state index is -0.359. The van der Waals surface area contributed by atoms with E-state index < -0.39 is 0 Å². The van der Waals surface area contributed by atoms with E-state index in [1.54, 1.807) is 0 Å². The molecule has 1 saturated heterocycles. The summed E-state index contributed by atoms with van der Waals surface area (Å²) in [4.78, 5) is 11.0. The predicted molar refractivity (Wildman–Crippen MR) is 85.1 cm³/mol. The summed E-state index contributed by atoms with van der Waals surface area (Å²) in [6.07, 6.45) is -0.490. The molecule has 1 fully saturated rings. The smallest absolute Gasteiger partial charge is 0.407 e. The van der Waals surface area contributed by atoms with Crippen LogP contribution >= 0.6 is 23.4 Å². The first-order valence-electron chi connectivity index (χ1n) is 6.93. The molecule has 0 radical (unpaired) electrons. The molecular formula is C14H15ClN4O2S. The molecule has 0 spiro atoms. The summed E-state index contributed by atoms with van der Waals surface area (Å²) < 4.78 is 7.15. The lowest BCUT2D eigenvalue weighted by molar-refractivity contribution is 0.150. The van der Waals surface area contributed by atoms with Crippen LogP contribution in [0, 0.1) is 0 Å². The zero-order valence-corrected chi connectivity index (χ0v) is 13.5. The van der Waals surface area contributed by atoms with Gasteiger partial charge in [-0.15, -0.1) is 10.2 Å². The number of carbonyl (C=O) groups excluding carboxylic acids is 1. The lowest BCUT2D eigenvalue weighted by atomic mass is 10.2. The number of alkyl carbamates (subject to hydrolysis) is 1. The largest absolute Gasteiger partial charge is 0.443 e. The monoisotopic (exact) mass is 338 g/mol. The third-order valence-corrected chi connectivity index (χ3v) is 4.60. The maximum absolute atomic E-state index is 11.0. The topological polar surface area (TPSA) is 69.0 Å². The number of thioether (sulfide) groups is 1. The summed E-state index contributed by atoms with van der Waals surface area (Å²) in [5.41, 5.74) is 0.933. The van der Waals surface area contributed by atoms with Gasteiger partial charge >= 0.3 is 6.09 Å². The van der Waals surface area contributed by atoms with E-state index in [4.69, 9.17) is 16.3 Å². The SMILES string of the molecule is CCn1c(SC[C@H]2CNC(=O)O2)nnc1-c1cccc(Cl)c1. The number of halogens is 1. The van der Waals surface area contributed by atoms with Crippen LogP contribution in [0.4, 0.5) is 4.79 Å².